The highest BCUT2D eigenvalue weighted by Gasteiger charge is 2.03. The van der Waals surface area contributed by atoms with E-state index in [0.717, 1.165) is 0 Å². The van der Waals surface area contributed by atoms with Crippen LogP contribution in [0.15, 0.2) is 0 Å². The van der Waals surface area contributed by atoms with Crippen molar-refractivity contribution in [3.8, 4) is 0 Å². The average Bonchev–Trinajstić information content (AvgIpc) is 2.47. The number of aromatic amines is 1. The number of rotatable bonds is 3. The molecule has 1 aromatic rings. The lowest BCUT2D eigenvalue weighted by Crippen LogP contribution is -2.09. The smallest absolute Gasteiger partial charge is 0.332 e. The van der Waals surface area contributed by atoms with Crippen molar-refractivity contribution in [2.45, 2.75) is 6.61 Å². The molecule has 1 aromatic heterocycles. The first-order valence-electron chi connectivity index (χ1n) is 3.15. The Labute approximate surface area is 67.6 Å². The van der Waals surface area contributed by atoms with Gasteiger partial charge in [0, 0.05) is 0 Å². The van der Waals surface area contributed by atoms with Crippen molar-refractivity contribution in [2.24, 2.45) is 0 Å². The highest BCUT2D eigenvalue weighted by atomic mass is 16.5. The first-order valence-corrected chi connectivity index (χ1v) is 3.15. The van der Waals surface area contributed by atoms with Gasteiger partial charge in [0.1, 0.15) is 6.61 Å². The molecule has 0 fully saturated rings. The molecule has 0 radical (unpaired) electrons. The zero-order valence-corrected chi connectivity index (χ0v) is 6.15. The molecule has 4 N–H and O–H groups in total. The number of nitrogens with zero attached hydrogens (tertiary/aromatic N) is 2. The topological polar surface area (TPSA) is 114 Å². The minimum Gasteiger partial charge on any atom is -0.456 e. The fraction of sp³-hybridized carbons (Fsp3) is 0.400. The third kappa shape index (κ3) is 2.20. The summed E-state index contributed by atoms with van der Waals surface area (Å²) in [5, 5.41) is 14.2. The molecule has 0 amide bonds. The number of hydrogen-bond acceptors (Lipinski definition) is 6. The van der Waals surface area contributed by atoms with Crippen molar-refractivity contribution in [3.63, 3.8) is 0 Å². The van der Waals surface area contributed by atoms with E-state index in [1.807, 2.05) is 0 Å². The third-order valence-electron chi connectivity index (χ3n) is 1.05. The molecule has 0 atom stereocenters. The minimum absolute atomic E-state index is 0.0659. The van der Waals surface area contributed by atoms with Gasteiger partial charge in [0.2, 0.25) is 5.95 Å². The molecule has 0 bridgehead atoms. The van der Waals surface area contributed by atoms with Crippen LogP contribution in [0.2, 0.25) is 0 Å². The predicted octanol–water partition coefficient (Wildman–Crippen LogP) is -1.58. The van der Waals surface area contributed by atoms with Crippen LogP contribution in [-0.2, 0) is 16.1 Å². The Kier molecular flexibility index (Phi) is 2.59. The number of carbonyl (C=O) groups excluding carboxylic acids is 1. The first kappa shape index (κ1) is 8.47. The molecular formula is C5H8N4O3. The van der Waals surface area contributed by atoms with Crippen molar-refractivity contribution >= 4 is 11.9 Å². The van der Waals surface area contributed by atoms with Crippen LogP contribution in [0.1, 0.15) is 5.82 Å². The van der Waals surface area contributed by atoms with Gasteiger partial charge in [-0.15, -0.1) is 5.10 Å². The molecule has 0 saturated heterocycles. The third-order valence-corrected chi connectivity index (χ3v) is 1.05. The Morgan fingerprint density at radius 3 is 3.00 bits per heavy atom. The van der Waals surface area contributed by atoms with Gasteiger partial charge in [0.25, 0.3) is 0 Å². The number of carbonyl (C=O) groups is 1. The number of nitrogens with two attached hydrogens (primary N) is 1. The Balaban J connectivity index is 2.38. The van der Waals surface area contributed by atoms with E-state index in [9.17, 15) is 4.79 Å². The molecule has 66 valence electrons. The molecular weight excluding hydrogens is 164 g/mol. The Hall–Kier alpha value is -1.63. The zero-order chi connectivity index (χ0) is 8.97. The van der Waals surface area contributed by atoms with Crippen LogP contribution in [0.4, 0.5) is 5.95 Å². The Bertz CT molecular complexity index is 271. The van der Waals surface area contributed by atoms with Gasteiger partial charge in [-0.1, -0.05) is 0 Å². The van der Waals surface area contributed by atoms with Gasteiger partial charge in [-0.25, -0.2) is 4.79 Å². The maximum atomic E-state index is 10.4. The van der Waals surface area contributed by atoms with Gasteiger partial charge in [-0.05, 0) is 0 Å². The minimum atomic E-state index is -0.718. The van der Waals surface area contributed by atoms with E-state index in [1.54, 1.807) is 0 Å². The summed E-state index contributed by atoms with van der Waals surface area (Å²) < 4.78 is 4.51. The summed E-state index contributed by atoms with van der Waals surface area (Å²) in [5.74, 6) is -0.288. The molecule has 0 aliphatic heterocycles. The van der Waals surface area contributed by atoms with Gasteiger partial charge in [0.15, 0.2) is 12.4 Å². The number of anilines is 1. The van der Waals surface area contributed by atoms with Gasteiger partial charge < -0.3 is 15.6 Å². The second kappa shape index (κ2) is 3.67. The van der Waals surface area contributed by atoms with Crippen LogP contribution in [-0.4, -0.2) is 32.9 Å². The Morgan fingerprint density at radius 2 is 2.50 bits per heavy atom. The van der Waals surface area contributed by atoms with Crippen LogP contribution in [0.25, 0.3) is 0 Å². The molecule has 12 heavy (non-hydrogen) atoms. The number of nitrogens with one attached hydrogen (secondary N) is 1. The maximum absolute atomic E-state index is 10.4. The lowest BCUT2D eigenvalue weighted by atomic mass is 10.6. The number of ether oxygens (including phenoxy) is 1. The molecule has 1 rings (SSSR count). The van der Waals surface area contributed by atoms with Crippen LogP contribution in [0.3, 0.4) is 0 Å². The summed E-state index contributed by atoms with van der Waals surface area (Å²) in [6, 6.07) is 0. The average molecular weight is 172 g/mol. The number of aromatic nitrogens is 3. The largest absolute Gasteiger partial charge is 0.456 e. The standard InChI is InChI=1S/C5H8N4O3/c6-5-7-3(8-9-5)2-12-4(11)1-10/h10H,1-2H2,(H3,6,7,8,9). The lowest BCUT2D eigenvalue weighted by Gasteiger charge is -1.97. The molecule has 7 nitrogen and oxygen atoms in total. The van der Waals surface area contributed by atoms with Crippen LogP contribution in [0.5, 0.6) is 0 Å². The van der Waals surface area contributed by atoms with E-state index in [2.05, 4.69) is 19.9 Å². The Morgan fingerprint density at radius 1 is 1.75 bits per heavy atom. The van der Waals surface area contributed by atoms with Crippen molar-refractivity contribution in [2.75, 3.05) is 12.3 Å². The van der Waals surface area contributed by atoms with Gasteiger partial charge in [0.05, 0.1) is 0 Å². The SMILES string of the molecule is Nc1n[nH]c(COC(=O)CO)n1. The van der Waals surface area contributed by atoms with Crippen molar-refractivity contribution < 1.29 is 14.6 Å². The summed E-state index contributed by atoms with van der Waals surface area (Å²) in [4.78, 5) is 14.1. The molecule has 0 spiro atoms. The molecule has 0 unspecified atom stereocenters. The van der Waals surface area contributed by atoms with E-state index >= 15 is 0 Å². The number of aliphatic hydroxyl groups excluding tert-OH is 1. The summed E-state index contributed by atoms with van der Waals surface area (Å²) >= 11 is 0. The summed E-state index contributed by atoms with van der Waals surface area (Å²) in [6.07, 6.45) is 0. The predicted molar refractivity (Wildman–Crippen MR) is 37.7 cm³/mol. The van der Waals surface area contributed by atoms with Crippen molar-refractivity contribution in [1.82, 2.24) is 15.2 Å². The quantitative estimate of drug-likeness (QED) is 0.474. The highest BCUT2D eigenvalue weighted by Crippen LogP contribution is 1.94. The number of aliphatic hydroxyl groups is 1. The van der Waals surface area contributed by atoms with Gasteiger partial charge in [-0.3, -0.25) is 5.10 Å². The summed E-state index contributed by atoms with van der Waals surface area (Å²) in [5.41, 5.74) is 5.17. The second-order valence-electron chi connectivity index (χ2n) is 1.96. The van der Waals surface area contributed by atoms with Gasteiger partial charge in [-0.2, -0.15) is 4.98 Å². The molecule has 0 aliphatic carbocycles. The van der Waals surface area contributed by atoms with Crippen molar-refractivity contribution in [1.29, 1.82) is 0 Å². The van der Waals surface area contributed by atoms with E-state index in [4.69, 9.17) is 10.8 Å². The second-order valence-corrected chi connectivity index (χ2v) is 1.96. The van der Waals surface area contributed by atoms with Crippen LogP contribution >= 0.6 is 0 Å². The van der Waals surface area contributed by atoms with E-state index in [-0.39, 0.29) is 12.6 Å². The molecule has 7 heteroatoms. The summed E-state index contributed by atoms with van der Waals surface area (Å²) in [7, 11) is 0. The first-order chi connectivity index (χ1) is 5.72. The fourth-order valence-corrected chi connectivity index (χ4v) is 0.569. The van der Waals surface area contributed by atoms with Gasteiger partial charge >= 0.3 is 5.97 Å². The van der Waals surface area contributed by atoms with Crippen LogP contribution in [0, 0.1) is 0 Å². The van der Waals surface area contributed by atoms with E-state index < -0.39 is 12.6 Å². The number of esters is 1. The normalized spacial score (nSPS) is 9.75. The maximum Gasteiger partial charge on any atom is 0.332 e. The monoisotopic (exact) mass is 172 g/mol. The summed E-state index contributed by atoms with van der Waals surface area (Å²) in [6.45, 7) is -0.715. The van der Waals surface area contributed by atoms with Crippen molar-refractivity contribution in [3.05, 3.63) is 5.82 Å². The number of hydrogen-bond donors (Lipinski definition) is 3. The van der Waals surface area contributed by atoms with Crippen LogP contribution < -0.4 is 5.73 Å². The molecule has 0 saturated carbocycles. The van der Waals surface area contributed by atoms with E-state index in [0.29, 0.717) is 5.82 Å². The molecule has 0 aromatic carbocycles. The lowest BCUT2D eigenvalue weighted by molar-refractivity contribution is -0.148. The fourth-order valence-electron chi connectivity index (χ4n) is 0.569. The highest BCUT2D eigenvalue weighted by molar-refractivity contribution is 5.70. The zero-order valence-electron chi connectivity index (χ0n) is 6.15. The van der Waals surface area contributed by atoms with E-state index in [1.165, 1.54) is 0 Å². The number of H-pyrrole nitrogens is 1. The number of nitrogen functional groups attached to an aromatic ring is 1. The molecule has 0 aliphatic rings. The molecule has 1 heterocycles.